The number of halogens is 2. The fourth-order valence-corrected chi connectivity index (χ4v) is 2.22. The lowest BCUT2D eigenvalue weighted by Gasteiger charge is -2.17. The summed E-state index contributed by atoms with van der Waals surface area (Å²) in [7, 11) is 3.08. The minimum Gasteiger partial charge on any atom is -0.494 e. The van der Waals surface area contributed by atoms with E-state index in [1.165, 1.54) is 19.2 Å². The Bertz CT molecular complexity index is 643. The Balaban J connectivity index is 2.11. The molecule has 0 N–H and O–H groups in total. The second-order valence-corrected chi connectivity index (χ2v) is 5.55. The first-order valence-corrected chi connectivity index (χ1v) is 7.14. The average Bonchev–Trinajstić information content (AvgIpc) is 2.48. The maximum Gasteiger partial charge on any atom is 0.254 e. The van der Waals surface area contributed by atoms with Gasteiger partial charge in [0, 0.05) is 23.6 Å². The molecule has 0 atom stereocenters. The number of hydrogen-bond donors (Lipinski definition) is 0. The maximum absolute atomic E-state index is 13.6. The number of carbonyl (C=O) groups is 1. The molecule has 110 valence electrons. The van der Waals surface area contributed by atoms with Crippen molar-refractivity contribution in [3.05, 3.63) is 63.9 Å². The molecule has 0 unspecified atom stereocenters. The molecule has 0 radical (unpaired) electrons. The van der Waals surface area contributed by atoms with E-state index in [1.807, 2.05) is 24.3 Å². The molecule has 2 aromatic rings. The van der Waals surface area contributed by atoms with Crippen molar-refractivity contribution in [3.63, 3.8) is 0 Å². The smallest absolute Gasteiger partial charge is 0.254 e. The van der Waals surface area contributed by atoms with Crippen molar-refractivity contribution in [2.75, 3.05) is 14.2 Å². The van der Waals surface area contributed by atoms with Gasteiger partial charge < -0.3 is 9.64 Å². The molecule has 2 rings (SSSR count). The number of amides is 1. The molecule has 0 saturated carbocycles. The highest BCUT2D eigenvalue weighted by atomic mass is 79.9. The quantitative estimate of drug-likeness (QED) is 0.836. The molecule has 0 fully saturated rings. The van der Waals surface area contributed by atoms with Crippen LogP contribution in [-0.2, 0) is 6.54 Å². The van der Waals surface area contributed by atoms with Crippen molar-refractivity contribution in [2.24, 2.45) is 0 Å². The molecule has 0 saturated heterocycles. The van der Waals surface area contributed by atoms with Gasteiger partial charge in [-0.25, -0.2) is 4.39 Å². The number of carbonyl (C=O) groups excluding carboxylic acids is 1. The van der Waals surface area contributed by atoms with Gasteiger partial charge in [-0.1, -0.05) is 28.1 Å². The number of benzene rings is 2. The lowest BCUT2D eigenvalue weighted by molar-refractivity contribution is 0.0784. The second kappa shape index (κ2) is 6.72. The van der Waals surface area contributed by atoms with E-state index in [0.29, 0.717) is 12.1 Å². The Hall–Kier alpha value is -1.88. The Morgan fingerprint density at radius 2 is 1.90 bits per heavy atom. The SMILES string of the molecule is COc1ccc(C(=O)N(C)Cc2ccc(Br)cc2)cc1F. The third-order valence-electron chi connectivity index (χ3n) is 3.08. The summed E-state index contributed by atoms with van der Waals surface area (Å²) in [5.74, 6) is -0.651. The van der Waals surface area contributed by atoms with Crippen molar-refractivity contribution in [3.8, 4) is 5.75 Å². The summed E-state index contributed by atoms with van der Waals surface area (Å²) < 4.78 is 19.5. The standard InChI is InChI=1S/C16H15BrFNO2/c1-19(10-11-3-6-13(17)7-4-11)16(20)12-5-8-15(21-2)14(18)9-12/h3-9H,10H2,1-2H3. The first kappa shape index (κ1) is 15.5. The third-order valence-corrected chi connectivity index (χ3v) is 3.61. The predicted octanol–water partition coefficient (Wildman–Crippen LogP) is 3.87. The van der Waals surface area contributed by atoms with E-state index < -0.39 is 5.82 Å². The molecular formula is C16H15BrFNO2. The van der Waals surface area contributed by atoms with Crippen LogP contribution in [0.15, 0.2) is 46.9 Å². The van der Waals surface area contributed by atoms with E-state index in [4.69, 9.17) is 4.74 Å². The van der Waals surface area contributed by atoms with E-state index >= 15 is 0 Å². The summed E-state index contributed by atoms with van der Waals surface area (Å²) in [5.41, 5.74) is 1.30. The van der Waals surface area contributed by atoms with Crippen molar-refractivity contribution < 1.29 is 13.9 Å². The van der Waals surface area contributed by atoms with Gasteiger partial charge in [0.25, 0.3) is 5.91 Å². The molecule has 0 bridgehead atoms. The highest BCUT2D eigenvalue weighted by Crippen LogP contribution is 2.19. The van der Waals surface area contributed by atoms with Gasteiger partial charge in [0.2, 0.25) is 0 Å². The predicted molar refractivity (Wildman–Crippen MR) is 82.9 cm³/mol. The topological polar surface area (TPSA) is 29.5 Å². The zero-order valence-electron chi connectivity index (χ0n) is 11.8. The van der Waals surface area contributed by atoms with Gasteiger partial charge in [-0.05, 0) is 35.9 Å². The maximum atomic E-state index is 13.6. The van der Waals surface area contributed by atoms with Crippen LogP contribution >= 0.6 is 15.9 Å². The van der Waals surface area contributed by atoms with E-state index in [0.717, 1.165) is 10.0 Å². The molecule has 0 aliphatic carbocycles. The Morgan fingerprint density at radius 3 is 2.48 bits per heavy atom. The first-order chi connectivity index (χ1) is 10.0. The van der Waals surface area contributed by atoms with Crippen LogP contribution in [0.3, 0.4) is 0 Å². The lowest BCUT2D eigenvalue weighted by Crippen LogP contribution is -2.26. The van der Waals surface area contributed by atoms with Crippen molar-refractivity contribution in [1.82, 2.24) is 4.90 Å². The van der Waals surface area contributed by atoms with E-state index in [9.17, 15) is 9.18 Å². The van der Waals surface area contributed by atoms with Gasteiger partial charge in [0.05, 0.1) is 7.11 Å². The largest absolute Gasteiger partial charge is 0.494 e. The molecule has 1 amide bonds. The molecule has 0 aliphatic heterocycles. The Kier molecular flexibility index (Phi) is 4.96. The van der Waals surface area contributed by atoms with Crippen LogP contribution in [0.1, 0.15) is 15.9 Å². The lowest BCUT2D eigenvalue weighted by atomic mass is 10.1. The van der Waals surface area contributed by atoms with Crippen LogP contribution in [-0.4, -0.2) is 25.0 Å². The normalized spacial score (nSPS) is 10.3. The minimum atomic E-state index is -0.541. The Labute approximate surface area is 131 Å². The number of hydrogen-bond acceptors (Lipinski definition) is 2. The van der Waals surface area contributed by atoms with Crippen LogP contribution < -0.4 is 4.74 Å². The number of methoxy groups -OCH3 is 1. The molecule has 21 heavy (non-hydrogen) atoms. The van der Waals surface area contributed by atoms with Crippen LogP contribution in [0.2, 0.25) is 0 Å². The van der Waals surface area contributed by atoms with Crippen molar-refractivity contribution >= 4 is 21.8 Å². The fraction of sp³-hybridized carbons (Fsp3) is 0.188. The van der Waals surface area contributed by atoms with Gasteiger partial charge in [-0.15, -0.1) is 0 Å². The van der Waals surface area contributed by atoms with Crippen molar-refractivity contribution in [2.45, 2.75) is 6.54 Å². The van der Waals surface area contributed by atoms with Crippen LogP contribution in [0.25, 0.3) is 0 Å². The van der Waals surface area contributed by atoms with Gasteiger partial charge in [-0.3, -0.25) is 4.79 Å². The zero-order chi connectivity index (χ0) is 15.4. The Morgan fingerprint density at radius 1 is 1.24 bits per heavy atom. The summed E-state index contributed by atoms with van der Waals surface area (Å²) in [6, 6.07) is 11.9. The van der Waals surface area contributed by atoms with E-state index in [-0.39, 0.29) is 11.7 Å². The molecule has 2 aromatic carbocycles. The van der Waals surface area contributed by atoms with Crippen LogP contribution in [0, 0.1) is 5.82 Å². The van der Waals surface area contributed by atoms with E-state index in [1.54, 1.807) is 18.0 Å². The average molecular weight is 352 g/mol. The zero-order valence-corrected chi connectivity index (χ0v) is 13.4. The van der Waals surface area contributed by atoms with Gasteiger partial charge in [0.1, 0.15) is 0 Å². The summed E-state index contributed by atoms with van der Waals surface area (Å²) in [6.07, 6.45) is 0. The van der Waals surface area contributed by atoms with Crippen molar-refractivity contribution in [1.29, 1.82) is 0 Å². The van der Waals surface area contributed by atoms with Gasteiger partial charge in [-0.2, -0.15) is 0 Å². The molecule has 0 aromatic heterocycles. The summed E-state index contributed by atoms with van der Waals surface area (Å²) >= 11 is 3.36. The van der Waals surface area contributed by atoms with Gasteiger partial charge >= 0.3 is 0 Å². The number of ether oxygens (including phenoxy) is 1. The first-order valence-electron chi connectivity index (χ1n) is 6.34. The molecule has 5 heteroatoms. The summed E-state index contributed by atoms with van der Waals surface area (Å²) in [4.78, 5) is 13.8. The molecule has 0 heterocycles. The second-order valence-electron chi connectivity index (χ2n) is 4.64. The molecular weight excluding hydrogens is 337 g/mol. The third kappa shape index (κ3) is 3.82. The number of rotatable bonds is 4. The highest BCUT2D eigenvalue weighted by Gasteiger charge is 2.14. The molecule has 0 aliphatic rings. The molecule has 0 spiro atoms. The monoisotopic (exact) mass is 351 g/mol. The van der Waals surface area contributed by atoms with Crippen LogP contribution in [0.5, 0.6) is 5.75 Å². The van der Waals surface area contributed by atoms with Gasteiger partial charge in [0.15, 0.2) is 11.6 Å². The summed E-state index contributed by atoms with van der Waals surface area (Å²) in [6.45, 7) is 0.458. The highest BCUT2D eigenvalue weighted by molar-refractivity contribution is 9.10. The fourth-order valence-electron chi connectivity index (χ4n) is 1.96. The number of nitrogens with zero attached hydrogens (tertiary/aromatic N) is 1. The van der Waals surface area contributed by atoms with Crippen LogP contribution in [0.4, 0.5) is 4.39 Å². The molecule has 3 nitrogen and oxygen atoms in total. The van der Waals surface area contributed by atoms with E-state index in [2.05, 4.69) is 15.9 Å². The summed E-state index contributed by atoms with van der Waals surface area (Å²) in [5, 5.41) is 0. The minimum absolute atomic E-state index is 0.127.